The minimum absolute atomic E-state index is 0.875. The summed E-state index contributed by atoms with van der Waals surface area (Å²) < 4.78 is 0. The Kier molecular flexibility index (Phi) is 5.58. The van der Waals surface area contributed by atoms with Crippen LogP contribution >= 0.6 is 0 Å². The Morgan fingerprint density at radius 2 is 1.95 bits per heavy atom. The Balaban J connectivity index is 2.00. The van der Waals surface area contributed by atoms with Crippen molar-refractivity contribution in [2.24, 2.45) is 0 Å². The Hall–Kier alpha value is -1.16. The molecule has 0 radical (unpaired) electrons. The topological polar surface area (TPSA) is 41.1 Å². The second kappa shape index (κ2) is 7.43. The van der Waals surface area contributed by atoms with Gasteiger partial charge in [0.15, 0.2) is 0 Å². The van der Waals surface area contributed by atoms with Crippen LogP contribution < -0.4 is 10.2 Å². The van der Waals surface area contributed by atoms with E-state index in [1.165, 1.54) is 31.2 Å². The number of hydrogen-bond donors (Lipinski definition) is 1. The molecule has 1 saturated heterocycles. The van der Waals surface area contributed by atoms with Crippen molar-refractivity contribution in [2.75, 3.05) is 24.5 Å². The summed E-state index contributed by atoms with van der Waals surface area (Å²) in [4.78, 5) is 11.6. The molecule has 2 rings (SSSR count). The molecule has 0 aromatic carbocycles. The highest BCUT2D eigenvalue weighted by molar-refractivity contribution is 5.33. The van der Waals surface area contributed by atoms with Crippen LogP contribution in [0, 0.1) is 6.92 Å². The molecule has 0 aliphatic carbocycles. The maximum absolute atomic E-state index is 4.69. The average molecular weight is 262 g/mol. The van der Waals surface area contributed by atoms with Gasteiger partial charge in [-0.1, -0.05) is 19.8 Å². The maximum atomic E-state index is 4.69. The Bertz CT molecular complexity index is 384. The summed E-state index contributed by atoms with van der Waals surface area (Å²) >= 11 is 0. The van der Waals surface area contributed by atoms with Gasteiger partial charge in [-0.15, -0.1) is 0 Å². The first kappa shape index (κ1) is 14.3. The van der Waals surface area contributed by atoms with Gasteiger partial charge in [-0.05, 0) is 32.7 Å². The smallest absolute Gasteiger partial charge is 0.225 e. The molecule has 1 aliphatic heterocycles. The van der Waals surface area contributed by atoms with E-state index >= 15 is 0 Å². The molecule has 19 heavy (non-hydrogen) atoms. The van der Waals surface area contributed by atoms with Gasteiger partial charge < -0.3 is 10.2 Å². The van der Waals surface area contributed by atoms with Crippen LogP contribution in [0.3, 0.4) is 0 Å². The van der Waals surface area contributed by atoms with Gasteiger partial charge in [0.05, 0.1) is 0 Å². The fourth-order valence-corrected chi connectivity index (χ4v) is 2.48. The number of rotatable bonds is 5. The SMILES string of the molecule is CCCNCc1cnc(N2CCCCCC2)nc1C. The van der Waals surface area contributed by atoms with Crippen LogP contribution in [0.4, 0.5) is 5.95 Å². The highest BCUT2D eigenvalue weighted by Crippen LogP contribution is 2.16. The molecule has 0 unspecified atom stereocenters. The molecule has 0 bridgehead atoms. The van der Waals surface area contributed by atoms with Crippen molar-refractivity contribution in [2.45, 2.75) is 52.5 Å². The highest BCUT2D eigenvalue weighted by Gasteiger charge is 2.13. The van der Waals surface area contributed by atoms with Crippen molar-refractivity contribution in [3.63, 3.8) is 0 Å². The van der Waals surface area contributed by atoms with Crippen LogP contribution in [0.1, 0.15) is 50.3 Å². The molecule has 0 spiro atoms. The van der Waals surface area contributed by atoms with Gasteiger partial charge in [0.2, 0.25) is 5.95 Å². The number of hydrogen-bond acceptors (Lipinski definition) is 4. The van der Waals surface area contributed by atoms with E-state index in [9.17, 15) is 0 Å². The van der Waals surface area contributed by atoms with Gasteiger partial charge in [-0.3, -0.25) is 0 Å². The number of anilines is 1. The lowest BCUT2D eigenvalue weighted by Gasteiger charge is -2.20. The Labute approximate surface area is 116 Å². The van der Waals surface area contributed by atoms with Crippen LogP contribution in [-0.4, -0.2) is 29.6 Å². The molecular weight excluding hydrogens is 236 g/mol. The van der Waals surface area contributed by atoms with Crippen molar-refractivity contribution >= 4 is 5.95 Å². The summed E-state index contributed by atoms with van der Waals surface area (Å²) in [6.07, 6.45) is 8.37. The van der Waals surface area contributed by atoms with E-state index in [2.05, 4.69) is 29.0 Å². The van der Waals surface area contributed by atoms with Gasteiger partial charge in [-0.2, -0.15) is 0 Å². The van der Waals surface area contributed by atoms with Crippen LogP contribution in [0.2, 0.25) is 0 Å². The molecule has 106 valence electrons. The van der Waals surface area contributed by atoms with Crippen molar-refractivity contribution in [3.05, 3.63) is 17.5 Å². The molecule has 0 amide bonds. The van der Waals surface area contributed by atoms with Crippen LogP contribution in [0.25, 0.3) is 0 Å². The Morgan fingerprint density at radius 3 is 2.58 bits per heavy atom. The number of nitrogens with one attached hydrogen (secondary N) is 1. The predicted octanol–water partition coefficient (Wildman–Crippen LogP) is 2.67. The van der Waals surface area contributed by atoms with E-state index in [1.807, 2.05) is 6.20 Å². The zero-order valence-electron chi connectivity index (χ0n) is 12.3. The molecule has 1 fully saturated rings. The minimum atomic E-state index is 0.875. The van der Waals surface area contributed by atoms with Crippen molar-refractivity contribution in [1.82, 2.24) is 15.3 Å². The van der Waals surface area contributed by atoms with Gasteiger partial charge in [-0.25, -0.2) is 9.97 Å². The lowest BCUT2D eigenvalue weighted by atomic mass is 10.2. The van der Waals surface area contributed by atoms with E-state index in [-0.39, 0.29) is 0 Å². The van der Waals surface area contributed by atoms with Gasteiger partial charge in [0, 0.05) is 37.1 Å². The standard InChI is InChI=1S/C15H26N4/c1-3-8-16-11-14-12-17-15(18-13(14)2)19-9-6-4-5-7-10-19/h12,16H,3-11H2,1-2H3. The summed E-state index contributed by atoms with van der Waals surface area (Å²) in [7, 11) is 0. The largest absolute Gasteiger partial charge is 0.341 e. The summed E-state index contributed by atoms with van der Waals surface area (Å²) in [5.74, 6) is 0.915. The van der Waals surface area contributed by atoms with Crippen LogP contribution in [0.15, 0.2) is 6.20 Å². The van der Waals surface area contributed by atoms with Crippen LogP contribution in [0.5, 0.6) is 0 Å². The molecular formula is C15H26N4. The van der Waals surface area contributed by atoms with E-state index < -0.39 is 0 Å². The first-order valence-corrected chi connectivity index (χ1v) is 7.59. The molecule has 1 aromatic rings. The van der Waals surface area contributed by atoms with Crippen molar-refractivity contribution in [1.29, 1.82) is 0 Å². The quantitative estimate of drug-likeness (QED) is 0.828. The third kappa shape index (κ3) is 4.16. The molecule has 0 saturated carbocycles. The summed E-state index contributed by atoms with van der Waals surface area (Å²) in [6.45, 7) is 8.40. The molecule has 1 aromatic heterocycles. The molecule has 0 atom stereocenters. The Morgan fingerprint density at radius 1 is 1.21 bits per heavy atom. The van der Waals surface area contributed by atoms with Gasteiger partial charge >= 0.3 is 0 Å². The fraction of sp³-hybridized carbons (Fsp3) is 0.733. The molecule has 1 N–H and O–H groups in total. The molecule has 1 aliphatic rings. The third-order valence-electron chi connectivity index (χ3n) is 3.70. The number of nitrogens with zero attached hydrogens (tertiary/aromatic N) is 3. The lowest BCUT2D eigenvalue weighted by molar-refractivity contribution is 0.666. The van der Waals surface area contributed by atoms with E-state index in [0.717, 1.165) is 44.2 Å². The minimum Gasteiger partial charge on any atom is -0.341 e. The van der Waals surface area contributed by atoms with Crippen molar-refractivity contribution < 1.29 is 0 Å². The van der Waals surface area contributed by atoms with E-state index in [1.54, 1.807) is 0 Å². The number of aryl methyl sites for hydroxylation is 1. The first-order valence-electron chi connectivity index (χ1n) is 7.59. The molecule has 4 nitrogen and oxygen atoms in total. The zero-order chi connectivity index (χ0) is 13.5. The fourth-order valence-electron chi connectivity index (χ4n) is 2.48. The van der Waals surface area contributed by atoms with Crippen molar-refractivity contribution in [3.8, 4) is 0 Å². The predicted molar refractivity (Wildman–Crippen MR) is 79.4 cm³/mol. The first-order chi connectivity index (χ1) is 9.31. The highest BCUT2D eigenvalue weighted by atomic mass is 15.2. The maximum Gasteiger partial charge on any atom is 0.225 e. The summed E-state index contributed by atoms with van der Waals surface area (Å²) in [5.41, 5.74) is 2.32. The number of aromatic nitrogens is 2. The summed E-state index contributed by atoms with van der Waals surface area (Å²) in [6, 6.07) is 0. The van der Waals surface area contributed by atoms with Gasteiger partial charge in [0.1, 0.15) is 0 Å². The van der Waals surface area contributed by atoms with E-state index in [0.29, 0.717) is 0 Å². The summed E-state index contributed by atoms with van der Waals surface area (Å²) in [5, 5.41) is 3.41. The average Bonchev–Trinajstić information content (AvgIpc) is 2.70. The monoisotopic (exact) mass is 262 g/mol. The van der Waals surface area contributed by atoms with E-state index in [4.69, 9.17) is 4.98 Å². The second-order valence-corrected chi connectivity index (χ2v) is 5.36. The van der Waals surface area contributed by atoms with Crippen LogP contribution in [-0.2, 0) is 6.54 Å². The normalized spacial score (nSPS) is 16.4. The lowest BCUT2D eigenvalue weighted by Crippen LogP contribution is -2.26. The van der Waals surface area contributed by atoms with Gasteiger partial charge in [0.25, 0.3) is 0 Å². The zero-order valence-corrected chi connectivity index (χ0v) is 12.3. The molecule has 2 heterocycles. The molecule has 4 heteroatoms. The second-order valence-electron chi connectivity index (χ2n) is 5.36. The third-order valence-corrected chi connectivity index (χ3v) is 3.70.